The molecular weight excluding hydrogens is 314 g/mol. The maximum atomic E-state index is 10.8. The van der Waals surface area contributed by atoms with Crippen LogP contribution in [0.15, 0.2) is 52.1 Å². The van der Waals surface area contributed by atoms with Gasteiger partial charge in [0.1, 0.15) is 0 Å². The highest BCUT2D eigenvalue weighted by Crippen LogP contribution is 2.20. The fraction of sp³-hybridized carbons (Fsp3) is 0.154. The number of carboxylic acid groups (broad SMARTS) is 1. The molecule has 0 saturated heterocycles. The van der Waals surface area contributed by atoms with E-state index >= 15 is 0 Å². The number of aryl methyl sites for hydroxylation is 1. The second-order valence-electron chi connectivity index (χ2n) is 3.71. The Morgan fingerprint density at radius 3 is 2.67 bits per heavy atom. The van der Waals surface area contributed by atoms with Crippen LogP contribution in [0.25, 0.3) is 0 Å². The summed E-state index contributed by atoms with van der Waals surface area (Å²) in [5.74, 6) is 0.00116. The van der Waals surface area contributed by atoms with Crippen molar-refractivity contribution >= 4 is 33.7 Å². The number of halogens is 1. The van der Waals surface area contributed by atoms with Gasteiger partial charge in [0.15, 0.2) is 0 Å². The average molecular weight is 326 g/mol. The van der Waals surface area contributed by atoms with Crippen molar-refractivity contribution in [2.45, 2.75) is 11.4 Å². The molecule has 0 aliphatic heterocycles. The first-order valence-corrected chi connectivity index (χ1v) is 7.21. The van der Waals surface area contributed by atoms with Crippen LogP contribution in [0, 0.1) is 0 Å². The maximum absolute atomic E-state index is 10.8. The Hall–Kier alpha value is -1.20. The number of aromatic carboxylic acids is 1. The predicted octanol–water partition coefficient (Wildman–Crippen LogP) is 3.74. The van der Waals surface area contributed by atoms with Crippen molar-refractivity contribution in [3.05, 3.63) is 52.8 Å². The van der Waals surface area contributed by atoms with Crippen molar-refractivity contribution in [1.29, 1.82) is 0 Å². The Morgan fingerprint density at radius 1 is 1.33 bits per heavy atom. The minimum absolute atomic E-state index is 0.312. The highest BCUT2D eigenvalue weighted by molar-refractivity contribution is 9.10. The van der Waals surface area contributed by atoms with Gasteiger partial charge in [-0.3, -0.25) is 0 Å². The van der Waals surface area contributed by atoms with Crippen molar-refractivity contribution < 1.29 is 9.90 Å². The highest BCUT2D eigenvalue weighted by atomic mass is 79.9. The SMILES string of the molecule is O=C(O)c1cc(Br)n(CCSc2ccccc2)c1. The second kappa shape index (κ2) is 6.11. The Bertz CT molecular complexity index is 539. The smallest absolute Gasteiger partial charge is 0.337 e. The van der Waals surface area contributed by atoms with E-state index < -0.39 is 5.97 Å². The Morgan fingerprint density at radius 2 is 2.06 bits per heavy atom. The number of thioether (sulfide) groups is 1. The van der Waals surface area contributed by atoms with Gasteiger partial charge in [-0.1, -0.05) is 18.2 Å². The lowest BCUT2D eigenvalue weighted by Crippen LogP contribution is -1.99. The quantitative estimate of drug-likeness (QED) is 0.851. The maximum Gasteiger partial charge on any atom is 0.337 e. The number of carbonyl (C=O) groups is 1. The van der Waals surface area contributed by atoms with Gasteiger partial charge in [0, 0.05) is 23.4 Å². The normalized spacial score (nSPS) is 10.5. The number of benzene rings is 1. The molecule has 3 nitrogen and oxygen atoms in total. The van der Waals surface area contributed by atoms with Crippen molar-refractivity contribution in [1.82, 2.24) is 4.57 Å². The van der Waals surface area contributed by atoms with Crippen molar-refractivity contribution in [3.8, 4) is 0 Å². The number of hydrogen-bond donors (Lipinski definition) is 1. The monoisotopic (exact) mass is 325 g/mol. The topological polar surface area (TPSA) is 42.2 Å². The van der Waals surface area contributed by atoms with Crippen LogP contribution in [0.5, 0.6) is 0 Å². The Kier molecular flexibility index (Phi) is 4.49. The molecule has 5 heteroatoms. The van der Waals surface area contributed by atoms with Crippen LogP contribution in [0.4, 0.5) is 0 Å². The summed E-state index contributed by atoms with van der Waals surface area (Å²) in [5, 5.41) is 8.89. The molecule has 0 spiro atoms. The average Bonchev–Trinajstić information content (AvgIpc) is 2.73. The van der Waals surface area contributed by atoms with Gasteiger partial charge in [0.05, 0.1) is 10.2 Å². The van der Waals surface area contributed by atoms with E-state index in [0.29, 0.717) is 5.56 Å². The standard InChI is InChI=1S/C13H12BrNO2S/c14-12-8-10(13(16)17)9-15(12)6-7-18-11-4-2-1-3-5-11/h1-5,8-9H,6-7H2,(H,16,17). The van der Waals surface area contributed by atoms with E-state index in [1.54, 1.807) is 24.0 Å². The molecule has 94 valence electrons. The fourth-order valence-electron chi connectivity index (χ4n) is 1.54. The molecule has 0 unspecified atom stereocenters. The molecule has 1 aromatic heterocycles. The third-order valence-corrected chi connectivity index (χ3v) is 4.11. The van der Waals surface area contributed by atoms with E-state index in [9.17, 15) is 4.79 Å². The number of hydrogen-bond acceptors (Lipinski definition) is 2. The fourth-order valence-corrected chi connectivity index (χ4v) is 2.94. The summed E-state index contributed by atoms with van der Waals surface area (Å²) in [6.07, 6.45) is 1.65. The lowest BCUT2D eigenvalue weighted by Gasteiger charge is -2.04. The number of aromatic nitrogens is 1. The minimum Gasteiger partial charge on any atom is -0.478 e. The van der Waals surface area contributed by atoms with Gasteiger partial charge < -0.3 is 9.67 Å². The minimum atomic E-state index is -0.898. The van der Waals surface area contributed by atoms with Gasteiger partial charge in [0.2, 0.25) is 0 Å². The van der Waals surface area contributed by atoms with Crippen molar-refractivity contribution in [2.24, 2.45) is 0 Å². The summed E-state index contributed by atoms with van der Waals surface area (Å²) < 4.78 is 2.70. The Labute approximate surface area is 118 Å². The van der Waals surface area contributed by atoms with Crippen LogP contribution < -0.4 is 0 Å². The van der Waals surface area contributed by atoms with Gasteiger partial charge in [-0.15, -0.1) is 11.8 Å². The summed E-state index contributed by atoms with van der Waals surface area (Å²) in [6.45, 7) is 0.771. The van der Waals surface area contributed by atoms with E-state index in [4.69, 9.17) is 5.11 Å². The molecule has 0 amide bonds. The largest absolute Gasteiger partial charge is 0.478 e. The molecule has 0 saturated carbocycles. The van der Waals surface area contributed by atoms with Gasteiger partial charge >= 0.3 is 5.97 Å². The third-order valence-electron chi connectivity index (χ3n) is 2.43. The summed E-state index contributed by atoms with van der Waals surface area (Å²) >= 11 is 5.11. The van der Waals surface area contributed by atoms with Gasteiger partial charge in [-0.25, -0.2) is 4.79 Å². The van der Waals surface area contributed by atoms with E-state index in [0.717, 1.165) is 16.9 Å². The molecule has 0 aliphatic rings. The van der Waals surface area contributed by atoms with Crippen LogP contribution >= 0.6 is 27.7 Å². The molecule has 1 heterocycles. The molecule has 0 atom stereocenters. The first-order valence-electron chi connectivity index (χ1n) is 5.43. The van der Waals surface area contributed by atoms with Gasteiger partial charge in [0.25, 0.3) is 0 Å². The predicted molar refractivity (Wildman–Crippen MR) is 76.3 cm³/mol. The van der Waals surface area contributed by atoms with Gasteiger partial charge in [-0.05, 0) is 34.1 Å². The van der Waals surface area contributed by atoms with E-state index in [1.807, 2.05) is 22.8 Å². The van der Waals surface area contributed by atoms with E-state index in [-0.39, 0.29) is 0 Å². The molecule has 0 radical (unpaired) electrons. The highest BCUT2D eigenvalue weighted by Gasteiger charge is 2.08. The lowest BCUT2D eigenvalue weighted by atomic mass is 10.4. The van der Waals surface area contributed by atoms with Crippen LogP contribution in [-0.4, -0.2) is 21.4 Å². The van der Waals surface area contributed by atoms with Crippen LogP contribution in [0.3, 0.4) is 0 Å². The van der Waals surface area contributed by atoms with Crippen LogP contribution in [0.1, 0.15) is 10.4 Å². The lowest BCUT2D eigenvalue weighted by molar-refractivity contribution is 0.0697. The zero-order valence-corrected chi connectivity index (χ0v) is 11.9. The molecule has 0 aliphatic carbocycles. The molecule has 1 N–H and O–H groups in total. The number of carboxylic acids is 1. The molecule has 0 fully saturated rings. The second-order valence-corrected chi connectivity index (χ2v) is 5.69. The third kappa shape index (κ3) is 3.40. The van der Waals surface area contributed by atoms with Crippen LogP contribution in [0.2, 0.25) is 0 Å². The Balaban J connectivity index is 1.92. The summed E-state index contributed by atoms with van der Waals surface area (Å²) in [7, 11) is 0. The molecule has 0 bridgehead atoms. The van der Waals surface area contributed by atoms with Crippen molar-refractivity contribution in [3.63, 3.8) is 0 Å². The molecule has 18 heavy (non-hydrogen) atoms. The summed E-state index contributed by atoms with van der Waals surface area (Å²) in [6, 6.07) is 11.8. The summed E-state index contributed by atoms with van der Waals surface area (Å²) in [5.41, 5.74) is 0.312. The number of rotatable bonds is 5. The van der Waals surface area contributed by atoms with E-state index in [2.05, 4.69) is 28.1 Å². The molecule has 1 aromatic carbocycles. The van der Waals surface area contributed by atoms with Gasteiger partial charge in [-0.2, -0.15) is 0 Å². The summed E-state index contributed by atoms with van der Waals surface area (Å²) in [4.78, 5) is 12.0. The zero-order valence-electron chi connectivity index (χ0n) is 9.54. The molecule has 2 aromatic rings. The van der Waals surface area contributed by atoms with Crippen LogP contribution in [-0.2, 0) is 6.54 Å². The zero-order chi connectivity index (χ0) is 13.0. The molecular formula is C13H12BrNO2S. The first kappa shape index (κ1) is 13.2. The number of nitrogens with zero attached hydrogens (tertiary/aromatic N) is 1. The first-order chi connectivity index (χ1) is 8.66. The van der Waals surface area contributed by atoms with Crippen molar-refractivity contribution in [2.75, 3.05) is 5.75 Å². The van der Waals surface area contributed by atoms with E-state index in [1.165, 1.54) is 4.90 Å². The molecule has 2 rings (SSSR count).